The van der Waals surface area contributed by atoms with Gasteiger partial charge in [-0.25, -0.2) is 4.39 Å². The molecule has 0 fully saturated rings. The average Bonchev–Trinajstić information content (AvgIpc) is 2.83. The minimum absolute atomic E-state index is 0.0274. The third-order valence-corrected chi connectivity index (χ3v) is 6.21. The molecule has 0 amide bonds. The van der Waals surface area contributed by atoms with E-state index in [0.717, 1.165) is 5.56 Å². The van der Waals surface area contributed by atoms with Crippen molar-refractivity contribution in [2.45, 2.75) is 24.4 Å². The van der Waals surface area contributed by atoms with Gasteiger partial charge >= 0.3 is 6.36 Å². The average molecular weight is 541 g/mol. The summed E-state index contributed by atoms with van der Waals surface area (Å²) in [5, 5.41) is 14.8. The zero-order chi connectivity index (χ0) is 27.3. The molecular weight excluding hydrogens is 517 g/mol. The molecule has 2 N–H and O–H groups in total. The lowest BCUT2D eigenvalue weighted by atomic mass is 9.66. The smallest absolute Gasteiger partial charge is 0.406 e. The normalized spacial score (nSPS) is 13.9. The summed E-state index contributed by atoms with van der Waals surface area (Å²) in [5.74, 6) is -0.849. The van der Waals surface area contributed by atoms with E-state index in [9.17, 15) is 22.7 Å². The molecule has 194 valence electrons. The number of nitrogens with zero attached hydrogens (tertiary/aromatic N) is 1. The molecular formula is C27H23B2ClF4N2O2. The lowest BCUT2D eigenvalue weighted by Gasteiger charge is -2.38. The summed E-state index contributed by atoms with van der Waals surface area (Å²) in [6.07, 6.45) is -4.49. The molecule has 0 saturated carbocycles. The number of aliphatic hydroxyl groups is 1. The summed E-state index contributed by atoms with van der Waals surface area (Å²) in [4.78, 5) is 4.50. The van der Waals surface area contributed by atoms with Crippen LogP contribution in [0, 0.1) is 5.82 Å². The SMILES string of the molecule is Bc1cc(OC(F)(F)F)cc(C(Cc2ccccc2)(N[C@@H](O)Bc2cccc(F)c2)c2ccc(Cl)cn2)c1. The van der Waals surface area contributed by atoms with Crippen molar-refractivity contribution in [1.29, 1.82) is 0 Å². The minimum Gasteiger partial charge on any atom is -0.406 e. The summed E-state index contributed by atoms with van der Waals surface area (Å²) in [7, 11) is 1.68. The van der Waals surface area contributed by atoms with E-state index < -0.39 is 29.6 Å². The fraction of sp³-hybridized carbons (Fsp3) is 0.148. The number of ether oxygens (including phenoxy) is 1. The highest BCUT2D eigenvalue weighted by atomic mass is 35.5. The number of alkyl halides is 3. The monoisotopic (exact) mass is 540 g/mol. The van der Waals surface area contributed by atoms with Crippen LogP contribution in [-0.2, 0) is 12.0 Å². The Morgan fingerprint density at radius 3 is 2.42 bits per heavy atom. The van der Waals surface area contributed by atoms with Crippen molar-refractivity contribution in [2.75, 3.05) is 0 Å². The van der Waals surface area contributed by atoms with Gasteiger partial charge in [0.05, 0.1) is 22.4 Å². The topological polar surface area (TPSA) is 54.4 Å². The van der Waals surface area contributed by atoms with Crippen LogP contribution in [0.4, 0.5) is 17.6 Å². The van der Waals surface area contributed by atoms with Crippen LogP contribution >= 0.6 is 11.6 Å². The molecule has 4 nitrogen and oxygen atoms in total. The van der Waals surface area contributed by atoms with Crippen LogP contribution in [-0.4, -0.2) is 37.7 Å². The van der Waals surface area contributed by atoms with Crippen molar-refractivity contribution in [3.63, 3.8) is 0 Å². The second kappa shape index (κ2) is 11.6. The highest BCUT2D eigenvalue weighted by molar-refractivity contribution is 6.54. The molecule has 1 aromatic heterocycles. The first-order valence-electron chi connectivity index (χ1n) is 11.8. The first-order chi connectivity index (χ1) is 18.0. The third-order valence-electron chi connectivity index (χ3n) is 5.99. The first-order valence-corrected chi connectivity index (χ1v) is 12.1. The van der Waals surface area contributed by atoms with Gasteiger partial charge in [0.1, 0.15) is 19.4 Å². The van der Waals surface area contributed by atoms with Crippen LogP contribution in [0.1, 0.15) is 16.8 Å². The predicted octanol–water partition coefficient (Wildman–Crippen LogP) is 3.14. The second-order valence-corrected chi connectivity index (χ2v) is 9.44. The third kappa shape index (κ3) is 7.16. The van der Waals surface area contributed by atoms with Crippen LogP contribution in [0.3, 0.4) is 0 Å². The van der Waals surface area contributed by atoms with Crippen LogP contribution in [0.5, 0.6) is 5.75 Å². The molecule has 0 saturated heterocycles. The molecule has 0 radical (unpaired) electrons. The van der Waals surface area contributed by atoms with Gasteiger partial charge in [-0.15, -0.1) is 13.2 Å². The maximum Gasteiger partial charge on any atom is 0.573 e. The Labute approximate surface area is 224 Å². The molecule has 0 aliphatic rings. The molecule has 1 heterocycles. The van der Waals surface area contributed by atoms with Gasteiger partial charge in [-0.05, 0) is 47.5 Å². The standard InChI is InChI=1S/C27H23B2ClF4N2O2/c28-19-11-18(12-23(13-19)38-27(32,33)34)26(15-17-5-2-1-3-6-17,24-10-9-21(30)16-35-24)36-25(37)29-20-7-4-8-22(31)14-20/h1-14,16,25,29,36-37H,15,28H2/t25-,26?/m0/s1. The zero-order valence-corrected chi connectivity index (χ0v) is 21.1. The predicted molar refractivity (Wildman–Crippen MR) is 144 cm³/mol. The number of benzene rings is 3. The minimum atomic E-state index is -4.89. The maximum absolute atomic E-state index is 13.8. The Bertz CT molecular complexity index is 1380. The molecule has 0 spiro atoms. The number of halogens is 5. The van der Waals surface area contributed by atoms with Gasteiger partial charge in [0, 0.05) is 12.6 Å². The van der Waals surface area contributed by atoms with Crippen molar-refractivity contribution in [3.8, 4) is 5.75 Å². The van der Waals surface area contributed by atoms with E-state index >= 15 is 0 Å². The highest BCUT2D eigenvalue weighted by Gasteiger charge is 2.39. The van der Waals surface area contributed by atoms with Gasteiger partial charge in [-0.2, -0.15) is 0 Å². The van der Waals surface area contributed by atoms with Crippen molar-refractivity contribution in [3.05, 3.63) is 119 Å². The van der Waals surface area contributed by atoms with Crippen molar-refractivity contribution < 1.29 is 27.4 Å². The number of pyridine rings is 1. The Hall–Kier alpha value is -3.33. The largest absolute Gasteiger partial charge is 0.573 e. The first kappa shape index (κ1) is 27.7. The Balaban J connectivity index is 1.88. The summed E-state index contributed by atoms with van der Waals surface area (Å²) in [5.41, 5.74) is 1.34. The van der Waals surface area contributed by atoms with Gasteiger partial charge < -0.3 is 9.84 Å². The van der Waals surface area contributed by atoms with Crippen molar-refractivity contribution in [2.24, 2.45) is 0 Å². The second-order valence-electron chi connectivity index (χ2n) is 9.01. The van der Waals surface area contributed by atoms with Gasteiger partial charge in [0.15, 0.2) is 0 Å². The van der Waals surface area contributed by atoms with E-state index in [2.05, 4.69) is 15.0 Å². The summed E-state index contributed by atoms with van der Waals surface area (Å²) < 4.78 is 57.6. The van der Waals surface area contributed by atoms with Gasteiger partial charge in [0.2, 0.25) is 7.28 Å². The lowest BCUT2D eigenvalue weighted by molar-refractivity contribution is -0.274. The van der Waals surface area contributed by atoms with Gasteiger partial charge in [-0.3, -0.25) is 10.3 Å². The molecule has 4 rings (SSSR count). The molecule has 3 aromatic carbocycles. The Kier molecular flexibility index (Phi) is 8.45. The summed E-state index contributed by atoms with van der Waals surface area (Å²) in [6.45, 7) is 0. The quantitative estimate of drug-likeness (QED) is 0.195. The number of hydrogen-bond acceptors (Lipinski definition) is 4. The summed E-state index contributed by atoms with van der Waals surface area (Å²) in [6, 6.07) is 22.6. The molecule has 0 bridgehead atoms. The van der Waals surface area contributed by atoms with Crippen LogP contribution in [0.25, 0.3) is 0 Å². The molecule has 0 aliphatic heterocycles. The number of hydrogen-bond donors (Lipinski definition) is 2. The van der Waals surface area contributed by atoms with E-state index in [1.54, 1.807) is 32.1 Å². The number of rotatable bonds is 9. The van der Waals surface area contributed by atoms with E-state index in [0.29, 0.717) is 27.2 Å². The number of aliphatic hydroxyl groups excluding tert-OH is 1. The highest BCUT2D eigenvalue weighted by Crippen LogP contribution is 2.35. The zero-order valence-electron chi connectivity index (χ0n) is 20.3. The Morgan fingerprint density at radius 2 is 1.76 bits per heavy atom. The van der Waals surface area contributed by atoms with Crippen LogP contribution < -0.4 is 21.0 Å². The van der Waals surface area contributed by atoms with Crippen LogP contribution in [0.15, 0.2) is 91.1 Å². The molecule has 1 unspecified atom stereocenters. The van der Waals surface area contributed by atoms with Crippen molar-refractivity contribution in [1.82, 2.24) is 10.3 Å². The fourth-order valence-corrected chi connectivity index (χ4v) is 4.60. The van der Waals surface area contributed by atoms with Gasteiger partial charge in [-0.1, -0.05) is 71.1 Å². The molecule has 4 aromatic rings. The van der Waals surface area contributed by atoms with Crippen LogP contribution in [0.2, 0.25) is 5.02 Å². The molecule has 0 aliphatic carbocycles. The van der Waals surface area contributed by atoms with E-state index in [4.69, 9.17) is 11.6 Å². The number of nitrogens with one attached hydrogen (secondary N) is 1. The molecule has 38 heavy (non-hydrogen) atoms. The maximum atomic E-state index is 13.8. The van der Waals surface area contributed by atoms with E-state index in [-0.39, 0.29) is 13.7 Å². The molecule has 11 heteroatoms. The summed E-state index contributed by atoms with van der Waals surface area (Å²) >= 11 is 6.11. The van der Waals surface area contributed by atoms with E-state index in [1.165, 1.54) is 36.5 Å². The van der Waals surface area contributed by atoms with E-state index in [1.807, 2.05) is 30.3 Å². The van der Waals surface area contributed by atoms with Gasteiger partial charge in [0.25, 0.3) is 0 Å². The molecule has 2 atom stereocenters. The van der Waals surface area contributed by atoms with Crippen molar-refractivity contribution >= 4 is 37.7 Å². The lowest BCUT2D eigenvalue weighted by Crippen LogP contribution is -2.54. The Morgan fingerprint density at radius 1 is 1.00 bits per heavy atom. The fourth-order valence-electron chi connectivity index (χ4n) is 4.49. The number of aromatic nitrogens is 1.